The lowest BCUT2D eigenvalue weighted by molar-refractivity contribution is -0.160. The molecule has 1 aliphatic heterocycles. The quantitative estimate of drug-likeness (QED) is 0.360. The molecule has 0 bridgehead atoms. The van der Waals surface area contributed by atoms with Crippen LogP contribution in [0.15, 0.2) is 36.4 Å². The molecule has 1 aliphatic carbocycles. The van der Waals surface area contributed by atoms with Crippen molar-refractivity contribution in [1.29, 1.82) is 5.26 Å². The number of ether oxygens (including phenoxy) is 3. The maximum Gasteiger partial charge on any atom is 0.195 e. The van der Waals surface area contributed by atoms with Gasteiger partial charge >= 0.3 is 0 Å². The van der Waals surface area contributed by atoms with E-state index in [0.29, 0.717) is 22.4 Å². The number of ketones is 1. The van der Waals surface area contributed by atoms with E-state index in [1.165, 1.54) is 0 Å². The van der Waals surface area contributed by atoms with Crippen LogP contribution < -0.4 is 4.74 Å². The summed E-state index contributed by atoms with van der Waals surface area (Å²) >= 11 is 0. The Labute approximate surface area is 238 Å². The van der Waals surface area contributed by atoms with Gasteiger partial charge in [-0.2, -0.15) is 5.26 Å². The Morgan fingerprint density at radius 1 is 1.10 bits per heavy atom. The predicted molar refractivity (Wildman–Crippen MR) is 158 cm³/mol. The molecule has 0 amide bonds. The number of carbonyl (C=O) groups is 1. The fourth-order valence-corrected chi connectivity index (χ4v) is 7.23. The second-order valence-corrected chi connectivity index (χ2v) is 15.7. The van der Waals surface area contributed by atoms with Crippen LogP contribution in [-0.4, -0.2) is 50.5 Å². The molecule has 0 saturated carbocycles. The first-order valence-electron chi connectivity index (χ1n) is 14.0. The molecule has 2 aliphatic rings. The van der Waals surface area contributed by atoms with E-state index in [1.54, 1.807) is 12.1 Å². The van der Waals surface area contributed by atoms with Crippen molar-refractivity contribution < 1.29 is 23.4 Å². The molecule has 1 N–H and O–H groups in total. The second kappa shape index (κ2) is 9.84. The number of rotatable bonds is 6. The van der Waals surface area contributed by atoms with Crippen molar-refractivity contribution in [3.8, 4) is 11.8 Å². The average Bonchev–Trinajstić information content (AvgIpc) is 3.40. The number of hydrogen-bond donors (Lipinski definition) is 1. The summed E-state index contributed by atoms with van der Waals surface area (Å²) in [5.74, 6) is -0.193. The molecule has 1 aromatic heterocycles. The second-order valence-electron chi connectivity index (χ2n) is 13.3. The molecule has 3 atom stereocenters. The van der Waals surface area contributed by atoms with Crippen LogP contribution >= 0.6 is 0 Å². The Morgan fingerprint density at radius 3 is 2.48 bits per heavy atom. The molecule has 7 nitrogen and oxygen atoms in total. The van der Waals surface area contributed by atoms with E-state index < -0.39 is 20.2 Å². The first kappa shape index (κ1) is 28.6. The Morgan fingerprint density at radius 2 is 1.82 bits per heavy atom. The van der Waals surface area contributed by atoms with Gasteiger partial charge in [0.05, 0.1) is 23.3 Å². The normalized spacial score (nSPS) is 22.2. The Balaban J connectivity index is 1.44. The summed E-state index contributed by atoms with van der Waals surface area (Å²) in [7, 11) is -1.35. The highest BCUT2D eigenvalue weighted by molar-refractivity contribution is 6.48. The Bertz CT molecular complexity index is 1510. The fraction of sp³-hybridized carbons (Fsp3) is 0.500. The van der Waals surface area contributed by atoms with Gasteiger partial charge in [0.15, 0.2) is 20.6 Å². The number of H-pyrrole nitrogens is 1. The summed E-state index contributed by atoms with van der Waals surface area (Å²) in [4.78, 5) is 17.3. The molecule has 40 heavy (non-hydrogen) atoms. The minimum Gasteiger partial charge on any atom is -0.491 e. The smallest absolute Gasteiger partial charge is 0.195 e. The van der Waals surface area contributed by atoms with Crippen molar-refractivity contribution in [3.63, 3.8) is 0 Å². The summed E-state index contributed by atoms with van der Waals surface area (Å²) in [5.41, 5.74) is 3.87. The monoisotopic (exact) mass is 560 g/mol. The number of nitrogens with one attached hydrogen (secondary N) is 1. The highest BCUT2D eigenvalue weighted by atomic mass is 28.3. The van der Waals surface area contributed by atoms with Gasteiger partial charge in [-0.05, 0) is 62.2 Å². The molecular formula is C32H40N2O5Si. The number of aromatic nitrogens is 1. The van der Waals surface area contributed by atoms with Gasteiger partial charge in [0.1, 0.15) is 24.6 Å². The zero-order chi connectivity index (χ0) is 29.2. The number of hydrogen-bond acceptors (Lipinski definition) is 6. The van der Waals surface area contributed by atoms with Crippen LogP contribution in [0.5, 0.6) is 5.75 Å². The number of aromatic amines is 1. The van der Waals surface area contributed by atoms with Gasteiger partial charge in [0.2, 0.25) is 0 Å². The molecule has 8 heteroatoms. The standard InChI is InChI=1S/C32H40N2O5Si/c1-30(2,3)29(39-40(8)9)27-24(37-32(6,7)38-27)17-36-19-11-13-22-21(15-19)26(35)25-20-12-10-18(16-33)14-23(20)34-28(25)31(22,4)5/h10-15,24,27,29,34,40H,17H2,1-9H3/t24-,27-,29?/m1/s1. The van der Waals surface area contributed by atoms with Crippen LogP contribution in [0, 0.1) is 16.7 Å². The van der Waals surface area contributed by atoms with Crippen LogP contribution in [0.1, 0.15) is 81.2 Å². The van der Waals surface area contributed by atoms with Crippen molar-refractivity contribution >= 4 is 25.7 Å². The minimum atomic E-state index is -1.35. The lowest BCUT2D eigenvalue weighted by Crippen LogP contribution is -2.48. The lowest BCUT2D eigenvalue weighted by Gasteiger charge is -2.38. The third-order valence-corrected chi connectivity index (χ3v) is 8.73. The molecule has 3 aromatic rings. The van der Waals surface area contributed by atoms with E-state index in [4.69, 9.17) is 18.6 Å². The van der Waals surface area contributed by atoms with Gasteiger partial charge < -0.3 is 23.6 Å². The molecule has 0 spiro atoms. The zero-order valence-electron chi connectivity index (χ0n) is 25.0. The number of fused-ring (bicyclic) bond motifs is 4. The molecular weight excluding hydrogens is 520 g/mol. The molecule has 5 rings (SSSR count). The van der Waals surface area contributed by atoms with E-state index in [9.17, 15) is 10.1 Å². The van der Waals surface area contributed by atoms with Crippen molar-refractivity contribution in [2.45, 2.75) is 91.1 Å². The van der Waals surface area contributed by atoms with Crippen molar-refractivity contribution in [2.24, 2.45) is 5.41 Å². The molecule has 1 saturated heterocycles. The maximum atomic E-state index is 13.9. The largest absolute Gasteiger partial charge is 0.491 e. The van der Waals surface area contributed by atoms with Crippen molar-refractivity contribution in [1.82, 2.24) is 4.98 Å². The molecule has 2 aromatic carbocycles. The molecule has 1 unspecified atom stereocenters. The van der Waals surface area contributed by atoms with Crippen LogP contribution in [-0.2, 0) is 19.3 Å². The van der Waals surface area contributed by atoms with Crippen molar-refractivity contribution in [3.05, 3.63) is 64.3 Å². The SMILES string of the molecule is C[SiH](C)OC([C@@H]1OC(C)(C)O[C@@H]1COc1ccc2c(c1)C(=O)c1c([nH]c3cc(C#N)ccc13)C2(C)C)C(C)(C)C. The fourth-order valence-electron chi connectivity index (χ4n) is 6.08. The highest BCUT2D eigenvalue weighted by Gasteiger charge is 2.49. The van der Waals surface area contributed by atoms with Gasteiger partial charge in [-0.25, -0.2) is 0 Å². The summed E-state index contributed by atoms with van der Waals surface area (Å²) in [6.45, 7) is 19.2. The molecule has 2 heterocycles. The maximum absolute atomic E-state index is 13.9. The van der Waals surface area contributed by atoms with Gasteiger partial charge in [-0.1, -0.05) is 46.8 Å². The van der Waals surface area contributed by atoms with Crippen LogP contribution in [0.4, 0.5) is 0 Å². The lowest BCUT2D eigenvalue weighted by atomic mass is 9.71. The van der Waals surface area contributed by atoms with Crippen LogP contribution in [0.25, 0.3) is 10.9 Å². The third-order valence-electron chi connectivity index (χ3n) is 7.90. The first-order chi connectivity index (χ1) is 18.6. The van der Waals surface area contributed by atoms with E-state index in [2.05, 4.69) is 58.8 Å². The molecule has 0 radical (unpaired) electrons. The topological polar surface area (TPSA) is 93.6 Å². The minimum absolute atomic E-state index is 0.0479. The van der Waals surface area contributed by atoms with Gasteiger partial charge in [0.25, 0.3) is 0 Å². The van der Waals surface area contributed by atoms with Gasteiger partial charge in [0, 0.05) is 27.6 Å². The van der Waals surface area contributed by atoms with Gasteiger partial charge in [-0.3, -0.25) is 4.79 Å². The van der Waals surface area contributed by atoms with E-state index in [0.717, 1.165) is 22.2 Å². The summed E-state index contributed by atoms with van der Waals surface area (Å²) in [6.07, 6.45) is -0.748. The van der Waals surface area contributed by atoms with Gasteiger partial charge in [-0.15, -0.1) is 0 Å². The average molecular weight is 561 g/mol. The number of benzene rings is 2. The Kier molecular flexibility index (Phi) is 7.03. The Hall–Kier alpha value is -2.96. The third kappa shape index (κ3) is 5.01. The molecule has 212 valence electrons. The van der Waals surface area contributed by atoms with E-state index >= 15 is 0 Å². The summed E-state index contributed by atoms with van der Waals surface area (Å²) in [6, 6.07) is 13.3. The van der Waals surface area contributed by atoms with E-state index in [-0.39, 0.29) is 36.1 Å². The molecule has 1 fully saturated rings. The number of nitriles is 1. The summed E-state index contributed by atoms with van der Waals surface area (Å²) in [5, 5.41) is 10.2. The highest BCUT2D eigenvalue weighted by Crippen LogP contribution is 2.45. The predicted octanol–water partition coefficient (Wildman–Crippen LogP) is 6.22. The number of carbonyl (C=O) groups excluding carboxylic acids is 1. The first-order valence-corrected chi connectivity index (χ1v) is 16.8. The number of nitrogens with zero attached hydrogens (tertiary/aromatic N) is 1. The van der Waals surface area contributed by atoms with Crippen LogP contribution in [0.3, 0.4) is 0 Å². The summed E-state index contributed by atoms with van der Waals surface area (Å²) < 4.78 is 25.5. The van der Waals surface area contributed by atoms with Crippen molar-refractivity contribution in [2.75, 3.05) is 6.61 Å². The van der Waals surface area contributed by atoms with Crippen LogP contribution in [0.2, 0.25) is 13.1 Å². The van der Waals surface area contributed by atoms with E-state index in [1.807, 2.05) is 38.1 Å². The zero-order valence-corrected chi connectivity index (χ0v) is 26.1.